The summed E-state index contributed by atoms with van der Waals surface area (Å²) < 4.78 is 5.16. The largest absolute Gasteiger partial charge is 0.383 e. The molecule has 1 aromatic carbocycles. The van der Waals surface area contributed by atoms with Crippen molar-refractivity contribution in [3.8, 4) is 0 Å². The van der Waals surface area contributed by atoms with Crippen LogP contribution in [0.2, 0.25) is 0 Å². The standard InChI is InChI=1S/C19H32N4OS.HI/c1-20-19(21-10-15-25-18-6-4-3-5-7-18)22-16-17-8-11-23(12-9-17)13-14-24-2;/h3-7,17H,8-16H2,1-2H3,(H2,20,21,22);1H. The summed E-state index contributed by atoms with van der Waals surface area (Å²) in [5.74, 6) is 2.68. The van der Waals surface area contributed by atoms with E-state index in [1.165, 1.54) is 30.8 Å². The normalized spacial score (nSPS) is 16.2. The first-order valence-electron chi connectivity index (χ1n) is 9.15. The molecule has 0 amide bonds. The van der Waals surface area contributed by atoms with Crippen molar-refractivity contribution in [2.45, 2.75) is 17.7 Å². The first-order valence-corrected chi connectivity index (χ1v) is 10.1. The van der Waals surface area contributed by atoms with E-state index in [0.717, 1.165) is 43.9 Å². The van der Waals surface area contributed by atoms with Crippen molar-refractivity contribution in [3.63, 3.8) is 0 Å². The number of hydrogen-bond acceptors (Lipinski definition) is 4. The maximum absolute atomic E-state index is 5.16. The Morgan fingerprint density at radius 2 is 1.96 bits per heavy atom. The summed E-state index contributed by atoms with van der Waals surface area (Å²) in [5.41, 5.74) is 0. The quantitative estimate of drug-likeness (QED) is 0.183. The Bertz CT molecular complexity index is 496. The molecule has 1 fully saturated rings. The molecule has 26 heavy (non-hydrogen) atoms. The lowest BCUT2D eigenvalue weighted by Gasteiger charge is -2.32. The van der Waals surface area contributed by atoms with E-state index in [-0.39, 0.29) is 24.0 Å². The van der Waals surface area contributed by atoms with Gasteiger partial charge in [-0.15, -0.1) is 35.7 Å². The van der Waals surface area contributed by atoms with Crippen LogP contribution in [0.1, 0.15) is 12.8 Å². The Kier molecular flexibility index (Phi) is 13.2. The van der Waals surface area contributed by atoms with Gasteiger partial charge in [0.15, 0.2) is 5.96 Å². The fraction of sp³-hybridized carbons (Fsp3) is 0.632. The number of thioether (sulfide) groups is 1. The summed E-state index contributed by atoms with van der Waals surface area (Å²) in [6, 6.07) is 10.5. The minimum absolute atomic E-state index is 0. The van der Waals surface area contributed by atoms with Gasteiger partial charge in [0.2, 0.25) is 0 Å². The molecule has 0 saturated carbocycles. The molecule has 1 aliphatic heterocycles. The van der Waals surface area contributed by atoms with Gasteiger partial charge in [-0.25, -0.2) is 0 Å². The number of likely N-dealkylation sites (tertiary alicyclic amines) is 1. The van der Waals surface area contributed by atoms with Gasteiger partial charge in [0.1, 0.15) is 0 Å². The molecule has 0 aliphatic carbocycles. The molecule has 1 heterocycles. The van der Waals surface area contributed by atoms with Crippen molar-refractivity contribution < 1.29 is 4.74 Å². The highest BCUT2D eigenvalue weighted by Crippen LogP contribution is 2.16. The third-order valence-electron chi connectivity index (χ3n) is 4.51. The Morgan fingerprint density at radius 1 is 1.23 bits per heavy atom. The van der Waals surface area contributed by atoms with Crippen LogP contribution < -0.4 is 10.6 Å². The third kappa shape index (κ3) is 9.43. The minimum atomic E-state index is 0. The number of methoxy groups -OCH3 is 1. The predicted molar refractivity (Wildman–Crippen MR) is 123 cm³/mol. The molecular weight excluding hydrogens is 459 g/mol. The molecule has 1 aromatic rings. The Labute approximate surface area is 179 Å². The molecule has 0 bridgehead atoms. The second-order valence-electron chi connectivity index (χ2n) is 6.32. The number of nitrogens with zero attached hydrogens (tertiary/aromatic N) is 2. The molecule has 2 rings (SSSR count). The van der Waals surface area contributed by atoms with Crippen LogP contribution in [0, 0.1) is 5.92 Å². The molecule has 0 radical (unpaired) electrons. The molecule has 148 valence electrons. The van der Waals surface area contributed by atoms with Crippen LogP contribution in [0.25, 0.3) is 0 Å². The molecule has 0 spiro atoms. The van der Waals surface area contributed by atoms with Crippen LogP contribution >= 0.6 is 35.7 Å². The van der Waals surface area contributed by atoms with Gasteiger partial charge in [-0.3, -0.25) is 4.99 Å². The fourth-order valence-corrected chi connectivity index (χ4v) is 3.74. The smallest absolute Gasteiger partial charge is 0.191 e. The summed E-state index contributed by atoms with van der Waals surface area (Å²) in [6.45, 7) is 6.16. The molecule has 1 aliphatic rings. The number of benzene rings is 1. The Hall–Kier alpha value is -0.510. The zero-order chi connectivity index (χ0) is 17.7. The van der Waals surface area contributed by atoms with Gasteiger partial charge in [-0.1, -0.05) is 18.2 Å². The predicted octanol–water partition coefficient (Wildman–Crippen LogP) is 2.92. The average Bonchev–Trinajstić information content (AvgIpc) is 2.67. The Morgan fingerprint density at radius 3 is 2.62 bits per heavy atom. The summed E-state index contributed by atoms with van der Waals surface area (Å²) in [4.78, 5) is 8.14. The molecule has 0 unspecified atom stereocenters. The van der Waals surface area contributed by atoms with E-state index >= 15 is 0 Å². The second-order valence-corrected chi connectivity index (χ2v) is 7.49. The van der Waals surface area contributed by atoms with E-state index < -0.39 is 0 Å². The zero-order valence-corrected chi connectivity index (χ0v) is 19.1. The number of rotatable bonds is 9. The van der Waals surface area contributed by atoms with E-state index in [1.54, 1.807) is 7.11 Å². The number of aliphatic imine (C=N–C) groups is 1. The van der Waals surface area contributed by atoms with Crippen LogP contribution in [-0.4, -0.2) is 70.1 Å². The molecule has 5 nitrogen and oxygen atoms in total. The van der Waals surface area contributed by atoms with Gasteiger partial charge in [0.05, 0.1) is 6.61 Å². The summed E-state index contributed by atoms with van der Waals surface area (Å²) in [6.07, 6.45) is 2.50. The van der Waals surface area contributed by atoms with Crippen LogP contribution in [0.3, 0.4) is 0 Å². The summed E-state index contributed by atoms with van der Waals surface area (Å²) in [5, 5.41) is 6.89. The lowest BCUT2D eigenvalue weighted by molar-refractivity contribution is 0.121. The highest BCUT2D eigenvalue weighted by atomic mass is 127. The lowest BCUT2D eigenvalue weighted by Crippen LogP contribution is -2.43. The van der Waals surface area contributed by atoms with Gasteiger partial charge in [0, 0.05) is 44.4 Å². The maximum atomic E-state index is 5.16. The lowest BCUT2D eigenvalue weighted by atomic mass is 9.97. The van der Waals surface area contributed by atoms with Crippen molar-refractivity contribution in [1.29, 1.82) is 0 Å². The first-order chi connectivity index (χ1) is 12.3. The van der Waals surface area contributed by atoms with Gasteiger partial charge in [0.25, 0.3) is 0 Å². The molecule has 1 saturated heterocycles. The van der Waals surface area contributed by atoms with Crippen molar-refractivity contribution in [3.05, 3.63) is 30.3 Å². The number of nitrogens with one attached hydrogen (secondary N) is 2. The first kappa shape index (κ1) is 23.5. The highest BCUT2D eigenvalue weighted by molar-refractivity contribution is 14.0. The van der Waals surface area contributed by atoms with E-state index in [0.29, 0.717) is 0 Å². The van der Waals surface area contributed by atoms with Crippen LogP contribution in [0.5, 0.6) is 0 Å². The highest BCUT2D eigenvalue weighted by Gasteiger charge is 2.18. The fourth-order valence-electron chi connectivity index (χ4n) is 2.95. The topological polar surface area (TPSA) is 48.9 Å². The van der Waals surface area contributed by atoms with Crippen LogP contribution in [-0.2, 0) is 4.74 Å². The average molecular weight is 492 g/mol. The summed E-state index contributed by atoms with van der Waals surface area (Å²) >= 11 is 1.86. The molecular formula is C19H33IN4OS. The van der Waals surface area contributed by atoms with Gasteiger partial charge < -0.3 is 20.3 Å². The van der Waals surface area contributed by atoms with E-state index in [1.807, 2.05) is 18.8 Å². The summed E-state index contributed by atoms with van der Waals surface area (Å²) in [7, 11) is 3.61. The van der Waals surface area contributed by atoms with Gasteiger partial charge in [-0.05, 0) is 44.0 Å². The minimum Gasteiger partial charge on any atom is -0.383 e. The Balaban J connectivity index is 0.00000338. The van der Waals surface area contributed by atoms with E-state index in [9.17, 15) is 0 Å². The number of hydrogen-bond donors (Lipinski definition) is 2. The van der Waals surface area contributed by atoms with Crippen LogP contribution in [0.15, 0.2) is 40.2 Å². The van der Waals surface area contributed by atoms with Crippen molar-refractivity contribution in [1.82, 2.24) is 15.5 Å². The SMILES string of the molecule is CN=C(NCCSc1ccccc1)NCC1CCN(CCOC)CC1.I. The number of piperidine rings is 1. The van der Waals surface area contributed by atoms with Gasteiger partial charge in [-0.2, -0.15) is 0 Å². The second kappa shape index (κ2) is 14.5. The van der Waals surface area contributed by atoms with E-state index in [2.05, 4.69) is 50.9 Å². The maximum Gasteiger partial charge on any atom is 0.191 e. The molecule has 7 heteroatoms. The molecule has 0 aromatic heterocycles. The van der Waals surface area contributed by atoms with E-state index in [4.69, 9.17) is 4.74 Å². The van der Waals surface area contributed by atoms with Crippen molar-refractivity contribution >= 4 is 41.7 Å². The zero-order valence-electron chi connectivity index (χ0n) is 15.9. The van der Waals surface area contributed by atoms with Crippen molar-refractivity contribution in [2.75, 3.05) is 59.2 Å². The molecule has 2 N–H and O–H groups in total. The van der Waals surface area contributed by atoms with Crippen molar-refractivity contribution in [2.24, 2.45) is 10.9 Å². The number of halogens is 1. The van der Waals surface area contributed by atoms with Crippen LogP contribution in [0.4, 0.5) is 0 Å². The van der Waals surface area contributed by atoms with Gasteiger partial charge >= 0.3 is 0 Å². The molecule has 0 atom stereocenters. The number of ether oxygens (including phenoxy) is 1. The third-order valence-corrected chi connectivity index (χ3v) is 5.52. The number of guanidine groups is 1. The monoisotopic (exact) mass is 492 g/mol.